The van der Waals surface area contributed by atoms with Gasteiger partial charge in [-0.3, -0.25) is 14.6 Å². The largest absolute Gasteiger partial charge is 0.507 e. The summed E-state index contributed by atoms with van der Waals surface area (Å²) in [4.78, 5) is 31.1. The number of hydrogen-bond donors (Lipinski definition) is 1. The lowest BCUT2D eigenvalue weighted by Gasteiger charge is -2.25. The van der Waals surface area contributed by atoms with Crippen LogP contribution in [-0.4, -0.2) is 26.7 Å². The summed E-state index contributed by atoms with van der Waals surface area (Å²) in [5.41, 5.74) is 0.769. The molecule has 3 aromatic rings. The number of aliphatic hydroxyl groups is 1. The van der Waals surface area contributed by atoms with E-state index in [0.29, 0.717) is 5.56 Å². The van der Waals surface area contributed by atoms with Gasteiger partial charge in [-0.1, -0.05) is 41.4 Å². The van der Waals surface area contributed by atoms with Gasteiger partial charge >= 0.3 is 0 Å². The number of aliphatic hydroxyl groups excluding tert-OH is 1. The van der Waals surface area contributed by atoms with Crippen molar-refractivity contribution in [2.75, 3.05) is 0 Å². The van der Waals surface area contributed by atoms with Gasteiger partial charge in [-0.25, -0.2) is 4.39 Å². The van der Waals surface area contributed by atoms with Gasteiger partial charge in [0.05, 0.1) is 21.7 Å². The van der Waals surface area contributed by atoms with Crippen molar-refractivity contribution in [3.8, 4) is 0 Å². The fraction of sp³-hybridized carbons (Fsp3) is 0.0870. The van der Waals surface area contributed by atoms with Gasteiger partial charge in [-0.15, -0.1) is 0 Å². The third-order valence-electron chi connectivity index (χ3n) is 5.04. The van der Waals surface area contributed by atoms with Crippen LogP contribution in [-0.2, 0) is 16.1 Å². The SMILES string of the molecule is O=C1C(=O)N(Cc2ccncc2)C(c2ccccc2F)/C1=C(\O)c1ccc(Cl)c(Cl)c1. The number of carbonyl (C=O) groups is 2. The summed E-state index contributed by atoms with van der Waals surface area (Å²) in [5, 5.41) is 11.4. The minimum atomic E-state index is -1.12. The lowest BCUT2D eigenvalue weighted by molar-refractivity contribution is -0.140. The van der Waals surface area contributed by atoms with Crippen molar-refractivity contribution in [2.24, 2.45) is 0 Å². The number of benzene rings is 2. The monoisotopic (exact) mass is 456 g/mol. The number of hydrogen-bond acceptors (Lipinski definition) is 4. The van der Waals surface area contributed by atoms with Gasteiger partial charge in [-0.2, -0.15) is 0 Å². The van der Waals surface area contributed by atoms with Crippen LogP contribution in [0, 0.1) is 5.82 Å². The summed E-state index contributed by atoms with van der Waals surface area (Å²) >= 11 is 12.0. The molecule has 1 aliphatic rings. The second-order valence-electron chi connectivity index (χ2n) is 6.93. The maximum Gasteiger partial charge on any atom is 0.295 e. The van der Waals surface area contributed by atoms with Crippen molar-refractivity contribution in [3.05, 3.63) is 105 Å². The molecular formula is C23H15Cl2FN2O3. The molecule has 1 atom stereocenters. The molecule has 0 radical (unpaired) electrons. The topological polar surface area (TPSA) is 70.5 Å². The second kappa shape index (κ2) is 8.49. The standard InChI is InChI=1S/C23H15Cl2FN2O3/c24-16-6-5-14(11-17(16)25)21(29)19-20(15-3-1-2-4-18(15)26)28(23(31)22(19)30)12-13-7-9-27-10-8-13/h1-11,20,29H,12H2/b21-19+. The summed E-state index contributed by atoms with van der Waals surface area (Å²) in [6.07, 6.45) is 3.11. The van der Waals surface area contributed by atoms with E-state index in [1.54, 1.807) is 30.6 Å². The molecule has 0 bridgehead atoms. The Bertz CT molecular complexity index is 1210. The summed E-state index contributed by atoms with van der Waals surface area (Å²) in [7, 11) is 0. The van der Waals surface area contributed by atoms with Gasteiger partial charge in [0.1, 0.15) is 11.6 Å². The van der Waals surface area contributed by atoms with E-state index in [-0.39, 0.29) is 33.3 Å². The fourth-order valence-corrected chi connectivity index (χ4v) is 3.85. The number of ketones is 1. The highest BCUT2D eigenvalue weighted by atomic mass is 35.5. The Hall–Kier alpha value is -3.22. The molecule has 1 unspecified atom stereocenters. The first-order chi connectivity index (χ1) is 14.9. The van der Waals surface area contributed by atoms with Crippen LogP contribution in [0.25, 0.3) is 5.76 Å². The van der Waals surface area contributed by atoms with Crippen LogP contribution < -0.4 is 0 Å². The van der Waals surface area contributed by atoms with Crippen LogP contribution >= 0.6 is 23.2 Å². The zero-order chi connectivity index (χ0) is 22.1. The predicted octanol–water partition coefficient (Wildman–Crippen LogP) is 5.15. The average molecular weight is 457 g/mol. The first-order valence-electron chi connectivity index (χ1n) is 9.25. The molecule has 1 aliphatic heterocycles. The highest BCUT2D eigenvalue weighted by molar-refractivity contribution is 6.46. The summed E-state index contributed by atoms with van der Waals surface area (Å²) < 4.78 is 14.8. The number of amides is 1. The molecule has 1 amide bonds. The van der Waals surface area contributed by atoms with Crippen molar-refractivity contribution in [1.82, 2.24) is 9.88 Å². The Morgan fingerprint density at radius 2 is 1.74 bits per heavy atom. The Morgan fingerprint density at radius 1 is 1.03 bits per heavy atom. The van der Waals surface area contributed by atoms with Crippen molar-refractivity contribution >= 4 is 40.7 Å². The molecule has 31 heavy (non-hydrogen) atoms. The molecule has 2 heterocycles. The van der Waals surface area contributed by atoms with Crippen molar-refractivity contribution < 1.29 is 19.1 Å². The van der Waals surface area contributed by atoms with Gasteiger partial charge in [-0.05, 0) is 42.0 Å². The molecule has 4 rings (SSSR count). The minimum Gasteiger partial charge on any atom is -0.507 e. The molecular weight excluding hydrogens is 442 g/mol. The number of carbonyl (C=O) groups excluding carboxylic acids is 2. The molecule has 0 aliphatic carbocycles. The molecule has 0 saturated carbocycles. The quantitative estimate of drug-likeness (QED) is 0.334. The van der Waals surface area contributed by atoms with E-state index in [0.717, 1.165) is 0 Å². The Balaban J connectivity index is 1.90. The van der Waals surface area contributed by atoms with Crippen molar-refractivity contribution in [3.63, 3.8) is 0 Å². The predicted molar refractivity (Wildman–Crippen MR) is 115 cm³/mol. The maximum absolute atomic E-state index is 14.8. The van der Waals surface area contributed by atoms with Gasteiger partial charge in [0.15, 0.2) is 0 Å². The van der Waals surface area contributed by atoms with Crippen LogP contribution in [0.3, 0.4) is 0 Å². The van der Waals surface area contributed by atoms with Crippen molar-refractivity contribution in [2.45, 2.75) is 12.6 Å². The number of likely N-dealkylation sites (tertiary alicyclic amines) is 1. The van der Waals surface area contributed by atoms with E-state index < -0.39 is 29.3 Å². The molecule has 156 valence electrons. The lowest BCUT2D eigenvalue weighted by atomic mass is 9.95. The van der Waals surface area contributed by atoms with Gasteiger partial charge < -0.3 is 10.0 Å². The first kappa shape index (κ1) is 21.0. The van der Waals surface area contributed by atoms with Crippen LogP contribution in [0.1, 0.15) is 22.7 Å². The van der Waals surface area contributed by atoms with E-state index >= 15 is 0 Å². The smallest absolute Gasteiger partial charge is 0.295 e. The van der Waals surface area contributed by atoms with Crippen LogP contribution in [0.5, 0.6) is 0 Å². The molecule has 1 aromatic heterocycles. The zero-order valence-corrected chi connectivity index (χ0v) is 17.4. The maximum atomic E-state index is 14.8. The molecule has 0 spiro atoms. The molecule has 1 saturated heterocycles. The highest BCUT2D eigenvalue weighted by Crippen LogP contribution is 2.41. The summed E-state index contributed by atoms with van der Waals surface area (Å²) in [6.45, 7) is 0.0320. The Morgan fingerprint density at radius 3 is 2.42 bits per heavy atom. The van der Waals surface area contributed by atoms with Gasteiger partial charge in [0.2, 0.25) is 0 Å². The molecule has 5 nitrogen and oxygen atoms in total. The third-order valence-corrected chi connectivity index (χ3v) is 5.77. The van der Waals surface area contributed by atoms with E-state index in [1.807, 2.05) is 0 Å². The van der Waals surface area contributed by atoms with Crippen LogP contribution in [0.15, 0.2) is 72.6 Å². The number of pyridine rings is 1. The number of aromatic nitrogens is 1. The number of rotatable bonds is 4. The second-order valence-corrected chi connectivity index (χ2v) is 7.75. The van der Waals surface area contributed by atoms with E-state index in [1.165, 1.54) is 41.3 Å². The Kier molecular flexibility index (Phi) is 5.76. The van der Waals surface area contributed by atoms with Gasteiger partial charge in [0.25, 0.3) is 11.7 Å². The molecule has 1 fully saturated rings. The zero-order valence-electron chi connectivity index (χ0n) is 15.9. The lowest BCUT2D eigenvalue weighted by Crippen LogP contribution is -2.29. The fourth-order valence-electron chi connectivity index (χ4n) is 3.55. The minimum absolute atomic E-state index is 0.0320. The number of nitrogens with zero attached hydrogens (tertiary/aromatic N) is 2. The molecule has 1 N–H and O–H groups in total. The Labute approximate surface area is 187 Å². The molecule has 2 aromatic carbocycles. The van der Waals surface area contributed by atoms with Crippen LogP contribution in [0.4, 0.5) is 4.39 Å². The van der Waals surface area contributed by atoms with E-state index in [4.69, 9.17) is 23.2 Å². The normalized spacial score (nSPS) is 17.9. The first-order valence-corrected chi connectivity index (χ1v) is 10.0. The number of halogens is 3. The number of Topliss-reactive ketones (excluding diaryl/α,β-unsaturated/α-hetero) is 1. The summed E-state index contributed by atoms with van der Waals surface area (Å²) in [6, 6.07) is 12.4. The molecule has 8 heteroatoms. The average Bonchev–Trinajstić information content (AvgIpc) is 3.01. The van der Waals surface area contributed by atoms with E-state index in [9.17, 15) is 19.1 Å². The van der Waals surface area contributed by atoms with E-state index in [2.05, 4.69) is 4.98 Å². The summed E-state index contributed by atoms with van der Waals surface area (Å²) in [5.74, 6) is -2.81. The highest BCUT2D eigenvalue weighted by Gasteiger charge is 2.46. The van der Waals surface area contributed by atoms with Crippen LogP contribution in [0.2, 0.25) is 10.0 Å². The van der Waals surface area contributed by atoms with Gasteiger partial charge in [0, 0.05) is 30.1 Å². The third kappa shape index (κ3) is 3.92. The van der Waals surface area contributed by atoms with Crippen molar-refractivity contribution in [1.29, 1.82) is 0 Å².